The van der Waals surface area contributed by atoms with Gasteiger partial charge in [0.25, 0.3) is 0 Å². The van der Waals surface area contributed by atoms with Gasteiger partial charge in [0.05, 0.1) is 5.84 Å². The summed E-state index contributed by atoms with van der Waals surface area (Å²) in [5.41, 5.74) is 5.31. The average molecular weight is 198 g/mol. The van der Waals surface area contributed by atoms with E-state index >= 15 is 0 Å². The second-order valence-electron chi connectivity index (χ2n) is 4.13. The maximum Gasteiger partial charge on any atom is 0.0918 e. The van der Waals surface area contributed by atoms with Crippen LogP contribution in [0.2, 0.25) is 0 Å². The Morgan fingerprint density at radius 2 is 2.00 bits per heavy atom. The second kappa shape index (κ2) is 5.98. The molecule has 0 aromatic heterocycles. The van der Waals surface area contributed by atoms with Gasteiger partial charge in [0, 0.05) is 26.1 Å². The zero-order chi connectivity index (χ0) is 10.4. The molecule has 82 valence electrons. The molecule has 1 saturated heterocycles. The molecular formula is C10H22N4. The number of rotatable bonds is 6. The SMILES string of the molecule is CN(CCC(=N)N)CCN1CCCC1. The molecule has 0 amide bonds. The monoisotopic (exact) mass is 198 g/mol. The van der Waals surface area contributed by atoms with Gasteiger partial charge in [0.1, 0.15) is 0 Å². The van der Waals surface area contributed by atoms with Crippen LogP contribution in [0, 0.1) is 5.41 Å². The molecule has 4 nitrogen and oxygen atoms in total. The Kier molecular flexibility index (Phi) is 4.90. The number of hydrogen-bond acceptors (Lipinski definition) is 3. The van der Waals surface area contributed by atoms with E-state index in [-0.39, 0.29) is 5.84 Å². The Morgan fingerprint density at radius 1 is 1.36 bits per heavy atom. The van der Waals surface area contributed by atoms with Crippen molar-refractivity contribution in [3.05, 3.63) is 0 Å². The maximum absolute atomic E-state index is 7.13. The molecule has 1 aliphatic rings. The quantitative estimate of drug-likeness (QED) is 0.478. The van der Waals surface area contributed by atoms with E-state index in [0.29, 0.717) is 6.42 Å². The molecule has 3 N–H and O–H groups in total. The van der Waals surface area contributed by atoms with Gasteiger partial charge in [0.15, 0.2) is 0 Å². The van der Waals surface area contributed by atoms with Crippen LogP contribution in [0.15, 0.2) is 0 Å². The smallest absolute Gasteiger partial charge is 0.0918 e. The van der Waals surface area contributed by atoms with Crippen LogP contribution in [0.1, 0.15) is 19.3 Å². The molecule has 1 heterocycles. The van der Waals surface area contributed by atoms with Gasteiger partial charge in [-0.05, 0) is 33.0 Å². The van der Waals surface area contributed by atoms with E-state index in [2.05, 4.69) is 16.8 Å². The minimum absolute atomic E-state index is 0.290. The highest BCUT2D eigenvalue weighted by atomic mass is 15.2. The minimum atomic E-state index is 0.290. The van der Waals surface area contributed by atoms with Crippen molar-refractivity contribution in [2.75, 3.05) is 39.8 Å². The molecule has 4 heteroatoms. The highest BCUT2D eigenvalue weighted by Gasteiger charge is 2.11. The van der Waals surface area contributed by atoms with Gasteiger partial charge in [-0.3, -0.25) is 5.41 Å². The topological polar surface area (TPSA) is 56.4 Å². The normalized spacial score (nSPS) is 17.9. The van der Waals surface area contributed by atoms with Crippen molar-refractivity contribution < 1.29 is 0 Å². The maximum atomic E-state index is 7.13. The number of nitrogens with zero attached hydrogens (tertiary/aromatic N) is 2. The van der Waals surface area contributed by atoms with E-state index in [4.69, 9.17) is 11.1 Å². The summed E-state index contributed by atoms with van der Waals surface area (Å²) in [5.74, 6) is 0.290. The summed E-state index contributed by atoms with van der Waals surface area (Å²) in [6.45, 7) is 5.69. The number of nitrogens with two attached hydrogens (primary N) is 1. The van der Waals surface area contributed by atoms with Crippen molar-refractivity contribution in [1.29, 1.82) is 5.41 Å². The van der Waals surface area contributed by atoms with E-state index in [1.165, 1.54) is 25.9 Å². The zero-order valence-electron chi connectivity index (χ0n) is 9.13. The first kappa shape index (κ1) is 11.5. The molecule has 0 unspecified atom stereocenters. The predicted molar refractivity (Wildman–Crippen MR) is 59.7 cm³/mol. The summed E-state index contributed by atoms with van der Waals surface area (Å²) in [6, 6.07) is 0. The summed E-state index contributed by atoms with van der Waals surface area (Å²) in [6.07, 6.45) is 3.41. The van der Waals surface area contributed by atoms with Gasteiger partial charge in [-0.25, -0.2) is 0 Å². The fourth-order valence-corrected chi connectivity index (χ4v) is 1.74. The van der Waals surface area contributed by atoms with Crippen molar-refractivity contribution in [2.45, 2.75) is 19.3 Å². The van der Waals surface area contributed by atoms with Gasteiger partial charge < -0.3 is 15.5 Å². The van der Waals surface area contributed by atoms with Gasteiger partial charge >= 0.3 is 0 Å². The molecule has 0 bridgehead atoms. The fourth-order valence-electron chi connectivity index (χ4n) is 1.74. The molecule has 0 aromatic rings. The summed E-state index contributed by atoms with van der Waals surface area (Å²) in [4.78, 5) is 4.75. The molecule has 0 aromatic carbocycles. The first-order valence-electron chi connectivity index (χ1n) is 5.42. The number of likely N-dealkylation sites (tertiary alicyclic amines) is 1. The van der Waals surface area contributed by atoms with Crippen LogP contribution in [-0.2, 0) is 0 Å². The number of hydrogen-bond donors (Lipinski definition) is 2. The highest BCUT2D eigenvalue weighted by molar-refractivity contribution is 5.76. The van der Waals surface area contributed by atoms with Crippen LogP contribution in [0.25, 0.3) is 0 Å². The van der Waals surface area contributed by atoms with E-state index in [0.717, 1.165) is 19.6 Å². The lowest BCUT2D eigenvalue weighted by Gasteiger charge is -2.20. The van der Waals surface area contributed by atoms with E-state index in [1.54, 1.807) is 0 Å². The van der Waals surface area contributed by atoms with E-state index < -0.39 is 0 Å². The third-order valence-corrected chi connectivity index (χ3v) is 2.76. The molecule has 0 saturated carbocycles. The van der Waals surface area contributed by atoms with Crippen LogP contribution < -0.4 is 5.73 Å². The number of nitrogens with one attached hydrogen (secondary N) is 1. The molecule has 0 atom stereocenters. The Balaban J connectivity index is 2.02. The van der Waals surface area contributed by atoms with Crippen LogP contribution in [0.5, 0.6) is 0 Å². The van der Waals surface area contributed by atoms with Crippen LogP contribution in [-0.4, -0.2) is 55.4 Å². The molecule has 14 heavy (non-hydrogen) atoms. The summed E-state index contributed by atoms with van der Waals surface area (Å²) in [5, 5.41) is 7.13. The summed E-state index contributed by atoms with van der Waals surface area (Å²) < 4.78 is 0. The number of likely N-dealkylation sites (N-methyl/N-ethyl adjacent to an activating group) is 1. The Hall–Kier alpha value is -0.610. The molecule has 1 rings (SSSR count). The molecule has 1 fully saturated rings. The lowest BCUT2D eigenvalue weighted by molar-refractivity contribution is 0.261. The average Bonchev–Trinajstić information content (AvgIpc) is 2.63. The van der Waals surface area contributed by atoms with Crippen molar-refractivity contribution >= 4 is 5.84 Å². The van der Waals surface area contributed by atoms with Crippen molar-refractivity contribution in [3.63, 3.8) is 0 Å². The predicted octanol–water partition coefficient (Wildman–Crippen LogP) is 0.340. The Labute approximate surface area is 86.6 Å². The third-order valence-electron chi connectivity index (χ3n) is 2.76. The van der Waals surface area contributed by atoms with Crippen molar-refractivity contribution in [2.24, 2.45) is 5.73 Å². The number of amidine groups is 1. The Morgan fingerprint density at radius 3 is 2.57 bits per heavy atom. The van der Waals surface area contributed by atoms with Gasteiger partial charge in [-0.1, -0.05) is 0 Å². The van der Waals surface area contributed by atoms with Gasteiger partial charge in [0.2, 0.25) is 0 Å². The fraction of sp³-hybridized carbons (Fsp3) is 0.900. The van der Waals surface area contributed by atoms with Crippen LogP contribution in [0.3, 0.4) is 0 Å². The molecule has 0 spiro atoms. The second-order valence-corrected chi connectivity index (χ2v) is 4.13. The summed E-state index contributed by atoms with van der Waals surface area (Å²) in [7, 11) is 2.10. The van der Waals surface area contributed by atoms with Gasteiger partial charge in [-0.2, -0.15) is 0 Å². The largest absolute Gasteiger partial charge is 0.388 e. The summed E-state index contributed by atoms with van der Waals surface area (Å²) >= 11 is 0. The highest BCUT2D eigenvalue weighted by Crippen LogP contribution is 2.06. The van der Waals surface area contributed by atoms with Crippen molar-refractivity contribution in [3.8, 4) is 0 Å². The van der Waals surface area contributed by atoms with Crippen LogP contribution >= 0.6 is 0 Å². The lowest BCUT2D eigenvalue weighted by atomic mass is 10.3. The van der Waals surface area contributed by atoms with E-state index in [9.17, 15) is 0 Å². The third kappa shape index (κ3) is 4.58. The molecule has 1 aliphatic heterocycles. The van der Waals surface area contributed by atoms with E-state index in [1.807, 2.05) is 0 Å². The minimum Gasteiger partial charge on any atom is -0.388 e. The lowest BCUT2D eigenvalue weighted by Crippen LogP contribution is -2.33. The molecule has 0 radical (unpaired) electrons. The molecule has 0 aliphatic carbocycles. The van der Waals surface area contributed by atoms with Crippen molar-refractivity contribution in [1.82, 2.24) is 9.80 Å². The van der Waals surface area contributed by atoms with Gasteiger partial charge in [-0.15, -0.1) is 0 Å². The Bertz CT molecular complexity index is 175. The van der Waals surface area contributed by atoms with Crippen LogP contribution in [0.4, 0.5) is 0 Å². The standard InChI is InChI=1S/C10H22N4/c1-13(7-4-10(11)12)8-9-14-5-2-3-6-14/h2-9H2,1H3,(H3,11,12). The zero-order valence-corrected chi connectivity index (χ0v) is 9.13. The first-order valence-corrected chi connectivity index (χ1v) is 5.42. The first-order chi connectivity index (χ1) is 6.68. The molecular weight excluding hydrogens is 176 g/mol.